The van der Waals surface area contributed by atoms with Crippen molar-refractivity contribution in [1.29, 1.82) is 0 Å². The first-order valence-electron chi connectivity index (χ1n) is 9.09. The SMILES string of the molecule is Nc1c(N2CCC(O)(c3ccccc3)CC2)ccn(CC2CC2)c1=O. The van der Waals surface area contributed by atoms with E-state index < -0.39 is 5.60 Å². The van der Waals surface area contributed by atoms with E-state index in [2.05, 4.69) is 4.90 Å². The summed E-state index contributed by atoms with van der Waals surface area (Å²) in [5.74, 6) is 0.638. The van der Waals surface area contributed by atoms with Crippen molar-refractivity contribution in [2.24, 2.45) is 5.92 Å². The van der Waals surface area contributed by atoms with Crippen molar-refractivity contribution in [1.82, 2.24) is 4.57 Å². The van der Waals surface area contributed by atoms with Gasteiger partial charge in [-0.2, -0.15) is 0 Å². The highest BCUT2D eigenvalue weighted by Gasteiger charge is 2.34. The highest BCUT2D eigenvalue weighted by atomic mass is 16.3. The van der Waals surface area contributed by atoms with Gasteiger partial charge in [0.1, 0.15) is 5.69 Å². The summed E-state index contributed by atoms with van der Waals surface area (Å²) in [5, 5.41) is 11.0. The maximum Gasteiger partial charge on any atom is 0.275 e. The van der Waals surface area contributed by atoms with Gasteiger partial charge in [0.2, 0.25) is 0 Å². The van der Waals surface area contributed by atoms with E-state index in [-0.39, 0.29) is 5.56 Å². The van der Waals surface area contributed by atoms with Crippen LogP contribution < -0.4 is 16.2 Å². The highest BCUT2D eigenvalue weighted by molar-refractivity contribution is 5.66. The van der Waals surface area contributed by atoms with E-state index in [9.17, 15) is 9.90 Å². The number of piperidine rings is 1. The zero-order valence-electron chi connectivity index (χ0n) is 14.4. The Hall–Kier alpha value is -2.27. The summed E-state index contributed by atoms with van der Waals surface area (Å²) in [6.07, 6.45) is 5.53. The van der Waals surface area contributed by atoms with E-state index in [0.717, 1.165) is 17.8 Å². The van der Waals surface area contributed by atoms with Crippen molar-refractivity contribution in [3.8, 4) is 0 Å². The lowest BCUT2D eigenvalue weighted by molar-refractivity contribution is 0.0118. The predicted molar refractivity (Wildman–Crippen MR) is 99.6 cm³/mol. The third-order valence-electron chi connectivity index (χ3n) is 5.57. The Labute approximate surface area is 147 Å². The largest absolute Gasteiger partial charge is 0.393 e. The number of nitrogen functional groups attached to an aromatic ring is 1. The van der Waals surface area contributed by atoms with Crippen LogP contribution in [0.15, 0.2) is 47.4 Å². The Morgan fingerprint density at radius 3 is 2.44 bits per heavy atom. The van der Waals surface area contributed by atoms with Gasteiger partial charge in [0.25, 0.3) is 5.56 Å². The van der Waals surface area contributed by atoms with Crippen LogP contribution in [0.3, 0.4) is 0 Å². The van der Waals surface area contributed by atoms with E-state index in [4.69, 9.17) is 5.73 Å². The molecule has 2 aliphatic rings. The summed E-state index contributed by atoms with van der Waals surface area (Å²) >= 11 is 0. The second kappa shape index (κ2) is 6.23. The summed E-state index contributed by atoms with van der Waals surface area (Å²) in [6.45, 7) is 2.14. The highest BCUT2D eigenvalue weighted by Crippen LogP contribution is 2.35. The van der Waals surface area contributed by atoms with Crippen molar-refractivity contribution in [2.75, 3.05) is 23.7 Å². The van der Waals surface area contributed by atoms with Crippen molar-refractivity contribution in [3.05, 3.63) is 58.5 Å². The van der Waals surface area contributed by atoms with Crippen LogP contribution in [-0.2, 0) is 12.1 Å². The van der Waals surface area contributed by atoms with Crippen LogP contribution in [0.1, 0.15) is 31.2 Å². The van der Waals surface area contributed by atoms with Gasteiger partial charge in [-0.15, -0.1) is 0 Å². The van der Waals surface area contributed by atoms with Crippen LogP contribution in [0, 0.1) is 5.92 Å². The number of pyridine rings is 1. The molecule has 1 aromatic carbocycles. The summed E-state index contributed by atoms with van der Waals surface area (Å²) < 4.78 is 1.74. The van der Waals surface area contributed by atoms with Gasteiger partial charge in [0.15, 0.2) is 0 Å². The second-order valence-electron chi connectivity index (χ2n) is 7.40. The molecule has 0 atom stereocenters. The number of hydrogen-bond acceptors (Lipinski definition) is 4. The third kappa shape index (κ3) is 3.16. The summed E-state index contributed by atoms with van der Waals surface area (Å²) in [5.41, 5.74) is 7.35. The van der Waals surface area contributed by atoms with E-state index in [1.807, 2.05) is 42.6 Å². The zero-order chi connectivity index (χ0) is 17.4. The molecule has 1 aromatic heterocycles. The van der Waals surface area contributed by atoms with Crippen LogP contribution in [-0.4, -0.2) is 22.8 Å². The van der Waals surface area contributed by atoms with Crippen LogP contribution in [0.25, 0.3) is 0 Å². The van der Waals surface area contributed by atoms with Gasteiger partial charge in [-0.1, -0.05) is 30.3 Å². The first-order chi connectivity index (χ1) is 12.1. The Balaban J connectivity index is 1.51. The summed E-state index contributed by atoms with van der Waals surface area (Å²) in [6, 6.07) is 11.8. The fraction of sp³-hybridized carbons (Fsp3) is 0.450. The van der Waals surface area contributed by atoms with Gasteiger partial charge in [-0.25, -0.2) is 0 Å². The molecule has 25 heavy (non-hydrogen) atoms. The molecule has 2 aromatic rings. The Morgan fingerprint density at radius 1 is 1.12 bits per heavy atom. The van der Waals surface area contributed by atoms with Gasteiger partial charge in [-0.3, -0.25) is 4.79 Å². The topological polar surface area (TPSA) is 71.5 Å². The molecule has 0 spiro atoms. The number of aromatic nitrogens is 1. The molecule has 1 saturated heterocycles. The lowest BCUT2D eigenvalue weighted by Gasteiger charge is -2.40. The average molecular weight is 339 g/mol. The number of aliphatic hydroxyl groups is 1. The van der Waals surface area contributed by atoms with Gasteiger partial charge in [0.05, 0.1) is 11.3 Å². The molecule has 3 N–H and O–H groups in total. The number of anilines is 2. The van der Waals surface area contributed by atoms with Crippen molar-refractivity contribution < 1.29 is 5.11 Å². The predicted octanol–water partition coefficient (Wildman–Crippen LogP) is 2.33. The molecule has 5 heteroatoms. The fourth-order valence-electron chi connectivity index (χ4n) is 3.74. The Bertz CT molecular complexity index is 803. The van der Waals surface area contributed by atoms with E-state index in [1.165, 1.54) is 12.8 Å². The first-order valence-corrected chi connectivity index (χ1v) is 9.09. The number of nitrogens with zero attached hydrogens (tertiary/aromatic N) is 2. The third-order valence-corrected chi connectivity index (χ3v) is 5.57. The molecule has 132 valence electrons. The molecule has 2 fully saturated rings. The number of benzene rings is 1. The molecule has 1 aliphatic carbocycles. The van der Waals surface area contributed by atoms with Gasteiger partial charge >= 0.3 is 0 Å². The van der Waals surface area contributed by atoms with Crippen molar-refractivity contribution >= 4 is 11.4 Å². The van der Waals surface area contributed by atoms with E-state index in [0.29, 0.717) is 37.5 Å². The molecule has 0 amide bonds. The van der Waals surface area contributed by atoms with E-state index >= 15 is 0 Å². The van der Waals surface area contributed by atoms with Crippen LogP contribution in [0.4, 0.5) is 11.4 Å². The normalized spacial score (nSPS) is 19.8. The van der Waals surface area contributed by atoms with E-state index in [1.54, 1.807) is 4.57 Å². The zero-order valence-corrected chi connectivity index (χ0v) is 14.4. The monoisotopic (exact) mass is 339 g/mol. The lowest BCUT2D eigenvalue weighted by atomic mass is 9.84. The fourth-order valence-corrected chi connectivity index (χ4v) is 3.74. The smallest absolute Gasteiger partial charge is 0.275 e. The minimum absolute atomic E-state index is 0.0895. The van der Waals surface area contributed by atoms with Crippen LogP contribution >= 0.6 is 0 Å². The quantitative estimate of drug-likeness (QED) is 0.897. The molecule has 0 unspecified atom stereocenters. The standard InChI is InChI=1S/C20H25N3O2/c21-18-17(8-11-23(19(18)24)14-15-6-7-15)22-12-9-20(25,10-13-22)16-4-2-1-3-5-16/h1-5,8,11,15,25H,6-7,9-10,12-14,21H2. The number of hydrogen-bond donors (Lipinski definition) is 2. The molecule has 5 nitrogen and oxygen atoms in total. The maximum absolute atomic E-state index is 12.5. The molecule has 0 radical (unpaired) electrons. The molecule has 1 saturated carbocycles. The Morgan fingerprint density at radius 2 is 1.80 bits per heavy atom. The van der Waals surface area contributed by atoms with Crippen molar-refractivity contribution in [3.63, 3.8) is 0 Å². The van der Waals surface area contributed by atoms with Crippen LogP contribution in [0.2, 0.25) is 0 Å². The molecular formula is C20H25N3O2. The summed E-state index contributed by atoms with van der Waals surface area (Å²) in [7, 11) is 0. The molecule has 2 heterocycles. The van der Waals surface area contributed by atoms with Gasteiger partial charge < -0.3 is 20.3 Å². The Kier molecular flexibility index (Phi) is 4.04. The number of rotatable bonds is 4. The second-order valence-corrected chi connectivity index (χ2v) is 7.40. The summed E-state index contributed by atoms with van der Waals surface area (Å²) in [4.78, 5) is 14.6. The molecular weight excluding hydrogens is 314 g/mol. The van der Waals surface area contributed by atoms with Crippen molar-refractivity contribution in [2.45, 2.75) is 37.8 Å². The maximum atomic E-state index is 12.5. The van der Waals surface area contributed by atoms with Crippen LogP contribution in [0.5, 0.6) is 0 Å². The van der Waals surface area contributed by atoms with Gasteiger partial charge in [0, 0.05) is 25.8 Å². The van der Waals surface area contributed by atoms with Gasteiger partial charge in [-0.05, 0) is 43.2 Å². The molecule has 1 aliphatic heterocycles. The average Bonchev–Trinajstić information content (AvgIpc) is 3.45. The molecule has 0 bridgehead atoms. The minimum atomic E-state index is -0.798. The molecule has 4 rings (SSSR count). The first kappa shape index (κ1) is 16.2. The minimum Gasteiger partial charge on any atom is -0.393 e. The number of nitrogens with two attached hydrogens (primary N) is 1. The lowest BCUT2D eigenvalue weighted by Crippen LogP contribution is -2.43.